The van der Waals surface area contributed by atoms with Gasteiger partial charge in [-0.3, -0.25) is 14.5 Å². The number of ether oxygens (including phenoxy) is 1. The van der Waals surface area contributed by atoms with Crippen LogP contribution in [0.1, 0.15) is 12.7 Å². The number of halogens is 1. The fraction of sp³-hybridized carbons (Fsp3) is 0.150. The van der Waals surface area contributed by atoms with Crippen molar-refractivity contribution in [2.45, 2.75) is 6.92 Å². The first-order valence-electron chi connectivity index (χ1n) is 8.56. The second-order valence-corrected chi connectivity index (χ2v) is 6.70. The molecule has 1 aromatic heterocycles. The van der Waals surface area contributed by atoms with Gasteiger partial charge < -0.3 is 9.15 Å². The summed E-state index contributed by atoms with van der Waals surface area (Å²) in [6.45, 7) is 1.45. The van der Waals surface area contributed by atoms with E-state index in [4.69, 9.17) is 20.8 Å². The Kier molecular flexibility index (Phi) is 4.75. The molecule has 1 aliphatic rings. The molecule has 0 saturated carbocycles. The number of amides is 2. The quantitative estimate of drug-likeness (QED) is 0.540. The molecule has 0 spiro atoms. The fourth-order valence-corrected chi connectivity index (χ4v) is 3.08. The van der Waals surface area contributed by atoms with Gasteiger partial charge in [0.05, 0.1) is 5.69 Å². The Morgan fingerprint density at radius 2 is 2.07 bits per heavy atom. The average Bonchev–Trinajstić information content (AvgIpc) is 3.11. The second-order valence-electron chi connectivity index (χ2n) is 6.26. The van der Waals surface area contributed by atoms with Gasteiger partial charge in [-0.25, -0.2) is 5.43 Å². The molecule has 28 heavy (non-hydrogen) atoms. The van der Waals surface area contributed by atoms with Gasteiger partial charge in [-0.05, 0) is 43.3 Å². The minimum Gasteiger partial charge on any atom is -0.482 e. The highest BCUT2D eigenvalue weighted by Crippen LogP contribution is 2.31. The number of para-hydroxylation sites is 2. The van der Waals surface area contributed by atoms with Crippen LogP contribution in [-0.2, 0) is 9.59 Å². The van der Waals surface area contributed by atoms with Crippen molar-refractivity contribution < 1.29 is 18.7 Å². The number of nitrogens with one attached hydrogen (secondary N) is 1. The van der Waals surface area contributed by atoms with Crippen molar-refractivity contribution >= 4 is 45.8 Å². The number of carbonyl (C=O) groups is 2. The highest BCUT2D eigenvalue weighted by Gasteiger charge is 2.26. The standard InChI is InChI=1S/C20H16ClN3O4/c1-12(18-9-13-8-14(21)6-7-16(13)28-18)22-23-19(25)10-24-15-4-2-3-5-17(15)27-11-20(24)26/h2-9H,10-11H2,1H3,(H,23,25)/b22-12+. The summed E-state index contributed by atoms with van der Waals surface area (Å²) in [4.78, 5) is 25.8. The van der Waals surface area contributed by atoms with Gasteiger partial charge in [-0.15, -0.1) is 0 Å². The zero-order valence-electron chi connectivity index (χ0n) is 14.9. The SMILES string of the molecule is C/C(=N\NC(=O)CN1C(=O)COc2ccccc21)c1cc2cc(Cl)ccc2o1. The normalized spacial score (nSPS) is 14.0. The molecule has 0 saturated heterocycles. The van der Waals surface area contributed by atoms with Crippen LogP contribution in [0.15, 0.2) is 58.0 Å². The van der Waals surface area contributed by atoms with E-state index in [1.807, 2.05) is 0 Å². The molecule has 3 aromatic rings. The van der Waals surface area contributed by atoms with Crippen LogP contribution >= 0.6 is 11.6 Å². The number of anilines is 1. The van der Waals surface area contributed by atoms with Crippen LogP contribution in [0.5, 0.6) is 5.75 Å². The van der Waals surface area contributed by atoms with Crippen molar-refractivity contribution in [1.29, 1.82) is 0 Å². The first-order chi connectivity index (χ1) is 13.5. The summed E-state index contributed by atoms with van der Waals surface area (Å²) in [6, 6.07) is 14.2. The molecular weight excluding hydrogens is 382 g/mol. The van der Waals surface area contributed by atoms with Gasteiger partial charge in [0.15, 0.2) is 12.4 Å². The maximum Gasteiger partial charge on any atom is 0.265 e. The summed E-state index contributed by atoms with van der Waals surface area (Å²) >= 11 is 5.98. The predicted molar refractivity (Wildman–Crippen MR) is 106 cm³/mol. The topological polar surface area (TPSA) is 84.1 Å². The van der Waals surface area contributed by atoms with E-state index in [9.17, 15) is 9.59 Å². The summed E-state index contributed by atoms with van der Waals surface area (Å²) in [7, 11) is 0. The van der Waals surface area contributed by atoms with Gasteiger partial charge in [0, 0.05) is 10.4 Å². The lowest BCUT2D eigenvalue weighted by Crippen LogP contribution is -2.44. The number of hydrazone groups is 1. The summed E-state index contributed by atoms with van der Waals surface area (Å²) in [5.74, 6) is 0.369. The third-order valence-electron chi connectivity index (χ3n) is 4.29. The molecule has 8 heteroatoms. The number of nitrogens with zero attached hydrogens (tertiary/aromatic N) is 2. The lowest BCUT2D eigenvalue weighted by molar-refractivity contribution is -0.125. The van der Waals surface area contributed by atoms with E-state index in [1.165, 1.54) is 4.90 Å². The molecule has 0 unspecified atom stereocenters. The number of rotatable bonds is 4. The molecule has 4 rings (SSSR count). The molecule has 0 fully saturated rings. The van der Waals surface area contributed by atoms with E-state index in [2.05, 4.69) is 10.5 Å². The van der Waals surface area contributed by atoms with E-state index in [-0.39, 0.29) is 19.1 Å². The highest BCUT2D eigenvalue weighted by atomic mass is 35.5. The van der Waals surface area contributed by atoms with E-state index in [0.717, 1.165) is 5.39 Å². The van der Waals surface area contributed by atoms with Crippen LogP contribution in [0, 0.1) is 0 Å². The van der Waals surface area contributed by atoms with Crippen molar-refractivity contribution in [3.05, 3.63) is 59.3 Å². The maximum absolute atomic E-state index is 12.3. The number of hydrogen-bond donors (Lipinski definition) is 1. The summed E-state index contributed by atoms with van der Waals surface area (Å²) in [6.07, 6.45) is 0. The van der Waals surface area contributed by atoms with Crippen molar-refractivity contribution in [3.63, 3.8) is 0 Å². The third kappa shape index (κ3) is 3.57. The molecule has 142 valence electrons. The fourth-order valence-electron chi connectivity index (χ4n) is 2.90. The van der Waals surface area contributed by atoms with Crippen molar-refractivity contribution in [1.82, 2.24) is 5.43 Å². The Balaban J connectivity index is 1.47. The van der Waals surface area contributed by atoms with Crippen LogP contribution in [0.25, 0.3) is 11.0 Å². The Hall–Kier alpha value is -3.32. The summed E-state index contributed by atoms with van der Waals surface area (Å²) in [5, 5.41) is 5.54. The first-order valence-corrected chi connectivity index (χ1v) is 8.94. The van der Waals surface area contributed by atoms with Gasteiger partial charge >= 0.3 is 0 Å². The van der Waals surface area contributed by atoms with Crippen LogP contribution < -0.4 is 15.1 Å². The molecule has 2 heterocycles. The molecule has 1 N–H and O–H groups in total. The van der Waals surface area contributed by atoms with E-state index in [1.54, 1.807) is 55.5 Å². The Morgan fingerprint density at radius 3 is 2.93 bits per heavy atom. The highest BCUT2D eigenvalue weighted by molar-refractivity contribution is 6.31. The van der Waals surface area contributed by atoms with Gasteiger partial charge in [0.2, 0.25) is 0 Å². The maximum atomic E-state index is 12.3. The van der Waals surface area contributed by atoms with E-state index < -0.39 is 5.91 Å². The van der Waals surface area contributed by atoms with Crippen LogP contribution in [0.3, 0.4) is 0 Å². The number of carbonyl (C=O) groups excluding carboxylic acids is 2. The van der Waals surface area contributed by atoms with Crippen LogP contribution in [0.2, 0.25) is 5.02 Å². The summed E-state index contributed by atoms with van der Waals surface area (Å²) in [5.41, 5.74) is 4.19. The largest absolute Gasteiger partial charge is 0.482 e. The Bertz CT molecular complexity index is 1110. The van der Waals surface area contributed by atoms with E-state index >= 15 is 0 Å². The van der Waals surface area contributed by atoms with Crippen molar-refractivity contribution in [3.8, 4) is 5.75 Å². The van der Waals surface area contributed by atoms with Gasteiger partial charge in [0.25, 0.3) is 11.8 Å². The van der Waals surface area contributed by atoms with Crippen LogP contribution in [0.4, 0.5) is 5.69 Å². The zero-order chi connectivity index (χ0) is 19.7. The lowest BCUT2D eigenvalue weighted by Gasteiger charge is -2.28. The lowest BCUT2D eigenvalue weighted by atomic mass is 10.2. The number of hydrogen-bond acceptors (Lipinski definition) is 5. The molecule has 0 atom stereocenters. The minimum absolute atomic E-state index is 0.103. The Morgan fingerprint density at radius 1 is 1.25 bits per heavy atom. The van der Waals surface area contributed by atoms with E-state index in [0.29, 0.717) is 33.5 Å². The van der Waals surface area contributed by atoms with Crippen LogP contribution in [-0.4, -0.2) is 30.7 Å². The molecule has 7 nitrogen and oxygen atoms in total. The van der Waals surface area contributed by atoms with Gasteiger partial charge in [-0.2, -0.15) is 5.10 Å². The molecular formula is C20H16ClN3O4. The minimum atomic E-state index is -0.427. The number of benzene rings is 2. The van der Waals surface area contributed by atoms with Gasteiger partial charge in [0.1, 0.15) is 23.6 Å². The molecule has 1 aliphatic heterocycles. The third-order valence-corrected chi connectivity index (χ3v) is 4.53. The first kappa shape index (κ1) is 18.1. The zero-order valence-corrected chi connectivity index (χ0v) is 15.7. The smallest absolute Gasteiger partial charge is 0.265 e. The van der Waals surface area contributed by atoms with Crippen molar-refractivity contribution in [2.75, 3.05) is 18.1 Å². The van der Waals surface area contributed by atoms with Crippen molar-refractivity contribution in [2.24, 2.45) is 5.10 Å². The van der Waals surface area contributed by atoms with Gasteiger partial charge in [-0.1, -0.05) is 23.7 Å². The molecule has 0 bridgehead atoms. The predicted octanol–water partition coefficient (Wildman–Crippen LogP) is 3.35. The molecule has 0 aliphatic carbocycles. The Labute approximate surface area is 165 Å². The monoisotopic (exact) mass is 397 g/mol. The molecule has 0 radical (unpaired) electrons. The number of fused-ring (bicyclic) bond motifs is 2. The summed E-state index contributed by atoms with van der Waals surface area (Å²) < 4.78 is 11.1. The number of furan rings is 1. The molecule has 2 aromatic carbocycles. The second kappa shape index (κ2) is 7.36. The molecule has 2 amide bonds. The average molecular weight is 398 g/mol.